The second-order valence-corrected chi connectivity index (χ2v) is 15.4. The van der Waals surface area contributed by atoms with Gasteiger partial charge in [-0.25, -0.2) is 22.7 Å². The normalized spacial score (nSPS) is 12.8. The Morgan fingerprint density at radius 3 is 1.76 bits per heavy atom. The predicted octanol–water partition coefficient (Wildman–Crippen LogP) is 3.41. The van der Waals surface area contributed by atoms with Crippen LogP contribution in [0.2, 0.25) is 25.7 Å². The second kappa shape index (κ2) is 14.5. The van der Waals surface area contributed by atoms with Crippen molar-refractivity contribution in [3.05, 3.63) is 24.3 Å². The smallest absolute Gasteiger partial charge is 0.330 e. The lowest BCUT2D eigenvalue weighted by molar-refractivity contribution is -0.138. The summed E-state index contributed by atoms with van der Waals surface area (Å²) in [6, 6.07) is 0.418. The fourth-order valence-electron chi connectivity index (χ4n) is 2.35. The van der Waals surface area contributed by atoms with E-state index in [1.54, 1.807) is 26.0 Å². The standard InChI is InChI=1S/C20H37NO6SSi/c1-6-26-19(22)14-10-8-12-18(13-9-11-15-20(23)27-7-2)21-28(24,25)16-17-29(3,4)5/h10-11,14-15,18,21H,6-9,12-13,16-17H2,1-5H3/b14-10+,15-11+. The third-order valence-electron chi connectivity index (χ3n) is 3.91. The first kappa shape index (κ1) is 27.5. The molecule has 0 spiro atoms. The number of carbonyl (C=O) groups excluding carboxylic acids is 2. The molecule has 1 N–H and O–H groups in total. The molecule has 0 amide bonds. The summed E-state index contributed by atoms with van der Waals surface area (Å²) >= 11 is 0. The topological polar surface area (TPSA) is 98.8 Å². The van der Waals surface area contributed by atoms with Gasteiger partial charge in [-0.3, -0.25) is 0 Å². The molecule has 0 fully saturated rings. The van der Waals surface area contributed by atoms with Crippen LogP contribution in [-0.2, 0) is 29.1 Å². The van der Waals surface area contributed by atoms with Gasteiger partial charge in [-0.2, -0.15) is 0 Å². The number of hydrogen-bond donors (Lipinski definition) is 1. The third-order valence-corrected chi connectivity index (χ3v) is 7.46. The Morgan fingerprint density at radius 1 is 0.931 bits per heavy atom. The Kier molecular flexibility index (Phi) is 13.8. The number of hydrogen-bond acceptors (Lipinski definition) is 6. The van der Waals surface area contributed by atoms with Gasteiger partial charge in [-0.1, -0.05) is 31.8 Å². The van der Waals surface area contributed by atoms with Crippen LogP contribution in [0.3, 0.4) is 0 Å². The molecule has 7 nitrogen and oxygen atoms in total. The molecule has 0 unspecified atom stereocenters. The number of esters is 2. The molecule has 0 aliphatic rings. The lowest BCUT2D eigenvalue weighted by Crippen LogP contribution is -2.38. The van der Waals surface area contributed by atoms with E-state index in [1.165, 1.54) is 12.2 Å². The summed E-state index contributed by atoms with van der Waals surface area (Å²) in [5.74, 6) is -0.689. The van der Waals surface area contributed by atoms with Crippen LogP contribution in [0.5, 0.6) is 0 Å². The molecule has 0 saturated carbocycles. The van der Waals surface area contributed by atoms with Gasteiger partial charge in [0.05, 0.1) is 19.0 Å². The fourth-order valence-corrected chi connectivity index (χ4v) is 6.74. The quantitative estimate of drug-likeness (QED) is 0.235. The summed E-state index contributed by atoms with van der Waals surface area (Å²) in [5.41, 5.74) is 0. The van der Waals surface area contributed by atoms with E-state index in [-0.39, 0.29) is 11.8 Å². The van der Waals surface area contributed by atoms with E-state index in [0.717, 1.165) is 0 Å². The van der Waals surface area contributed by atoms with E-state index in [1.807, 2.05) is 0 Å². The van der Waals surface area contributed by atoms with Gasteiger partial charge < -0.3 is 9.47 Å². The lowest BCUT2D eigenvalue weighted by atomic mass is 10.1. The minimum Gasteiger partial charge on any atom is -0.463 e. The zero-order chi connectivity index (χ0) is 22.3. The van der Waals surface area contributed by atoms with Gasteiger partial charge in [-0.05, 0) is 45.6 Å². The first-order chi connectivity index (χ1) is 13.5. The first-order valence-electron chi connectivity index (χ1n) is 10.2. The van der Waals surface area contributed by atoms with Crippen LogP contribution in [-0.4, -0.2) is 53.4 Å². The van der Waals surface area contributed by atoms with E-state index in [2.05, 4.69) is 24.4 Å². The maximum absolute atomic E-state index is 12.5. The molecule has 0 aromatic carbocycles. The largest absolute Gasteiger partial charge is 0.463 e. The predicted molar refractivity (Wildman–Crippen MR) is 119 cm³/mol. The van der Waals surface area contributed by atoms with Gasteiger partial charge in [0.25, 0.3) is 0 Å². The van der Waals surface area contributed by atoms with Crippen LogP contribution in [0.15, 0.2) is 24.3 Å². The molecular weight excluding hydrogens is 410 g/mol. The van der Waals surface area contributed by atoms with Crippen molar-refractivity contribution in [3.63, 3.8) is 0 Å². The van der Waals surface area contributed by atoms with Crippen LogP contribution in [0.1, 0.15) is 39.5 Å². The molecule has 0 rings (SSSR count). The van der Waals surface area contributed by atoms with Crippen LogP contribution >= 0.6 is 0 Å². The summed E-state index contributed by atoms with van der Waals surface area (Å²) in [7, 11) is -4.85. The summed E-state index contributed by atoms with van der Waals surface area (Å²) in [5, 5.41) is 0. The summed E-state index contributed by atoms with van der Waals surface area (Å²) in [4.78, 5) is 22.7. The lowest BCUT2D eigenvalue weighted by Gasteiger charge is -2.20. The third kappa shape index (κ3) is 17.1. The fraction of sp³-hybridized carbons (Fsp3) is 0.700. The number of nitrogens with one attached hydrogen (secondary N) is 1. The zero-order valence-electron chi connectivity index (χ0n) is 18.4. The molecule has 168 valence electrons. The Hall–Kier alpha value is -1.45. The average molecular weight is 448 g/mol. The van der Waals surface area contributed by atoms with Gasteiger partial charge in [0.15, 0.2) is 0 Å². The maximum Gasteiger partial charge on any atom is 0.330 e. The first-order valence-corrected chi connectivity index (χ1v) is 15.5. The van der Waals surface area contributed by atoms with E-state index >= 15 is 0 Å². The van der Waals surface area contributed by atoms with Gasteiger partial charge in [0.2, 0.25) is 10.0 Å². The molecule has 0 aromatic heterocycles. The molecule has 9 heteroatoms. The Labute approximate surface area is 177 Å². The number of sulfonamides is 1. The van der Waals surface area contributed by atoms with E-state index in [9.17, 15) is 18.0 Å². The van der Waals surface area contributed by atoms with Crippen LogP contribution in [0, 0.1) is 0 Å². The van der Waals surface area contributed by atoms with E-state index in [0.29, 0.717) is 44.9 Å². The van der Waals surface area contributed by atoms with Crippen molar-refractivity contribution < 1.29 is 27.5 Å². The van der Waals surface area contributed by atoms with Crippen molar-refractivity contribution in [2.75, 3.05) is 19.0 Å². The van der Waals surface area contributed by atoms with E-state index in [4.69, 9.17) is 9.47 Å². The highest BCUT2D eigenvalue weighted by Crippen LogP contribution is 2.13. The monoisotopic (exact) mass is 447 g/mol. The number of ether oxygens (including phenoxy) is 2. The van der Waals surface area contributed by atoms with Crippen LogP contribution < -0.4 is 4.72 Å². The zero-order valence-corrected chi connectivity index (χ0v) is 20.2. The minimum atomic E-state index is -3.38. The Balaban J connectivity index is 4.81. The number of allylic oxidation sites excluding steroid dienone is 2. The highest BCUT2D eigenvalue weighted by atomic mass is 32.2. The average Bonchev–Trinajstić information content (AvgIpc) is 2.60. The molecule has 0 aliphatic heterocycles. The summed E-state index contributed by atoms with van der Waals surface area (Å²) in [6.07, 6.45) is 8.29. The van der Waals surface area contributed by atoms with Crippen molar-refractivity contribution in [3.8, 4) is 0 Å². The van der Waals surface area contributed by atoms with Crippen molar-refractivity contribution in [2.24, 2.45) is 0 Å². The molecule has 0 atom stereocenters. The summed E-state index contributed by atoms with van der Waals surface area (Å²) in [6.45, 7) is 10.5. The van der Waals surface area contributed by atoms with Crippen LogP contribution in [0.4, 0.5) is 0 Å². The SMILES string of the molecule is CCOC(=O)/C=C/CCC(CC/C=C/C(=O)OCC)NS(=O)(=O)CC[Si](C)(C)C. The van der Waals surface area contributed by atoms with E-state index < -0.39 is 30.0 Å². The van der Waals surface area contributed by atoms with Gasteiger partial charge in [-0.15, -0.1) is 0 Å². The van der Waals surface area contributed by atoms with Crippen molar-refractivity contribution in [2.45, 2.75) is 71.3 Å². The molecule has 29 heavy (non-hydrogen) atoms. The van der Waals surface area contributed by atoms with Crippen molar-refractivity contribution >= 4 is 30.0 Å². The maximum atomic E-state index is 12.5. The van der Waals surface area contributed by atoms with Gasteiger partial charge in [0, 0.05) is 26.3 Å². The minimum absolute atomic E-state index is 0.122. The second-order valence-electron chi connectivity index (χ2n) is 7.91. The molecule has 0 aliphatic carbocycles. The van der Waals surface area contributed by atoms with Crippen molar-refractivity contribution in [1.29, 1.82) is 0 Å². The molecular formula is C20H37NO6SSi. The molecule has 0 heterocycles. The molecule has 0 saturated heterocycles. The van der Waals surface area contributed by atoms with Gasteiger partial charge in [0.1, 0.15) is 0 Å². The molecule has 0 radical (unpaired) electrons. The van der Waals surface area contributed by atoms with Crippen LogP contribution in [0.25, 0.3) is 0 Å². The molecule has 0 aromatic rings. The highest BCUT2D eigenvalue weighted by Gasteiger charge is 2.21. The summed E-state index contributed by atoms with van der Waals surface area (Å²) < 4.78 is 37.4. The Bertz CT molecular complexity index is 620. The molecule has 0 bridgehead atoms. The van der Waals surface area contributed by atoms with Crippen molar-refractivity contribution in [1.82, 2.24) is 4.72 Å². The number of rotatable bonds is 15. The highest BCUT2D eigenvalue weighted by molar-refractivity contribution is 7.89. The van der Waals surface area contributed by atoms with Gasteiger partial charge >= 0.3 is 11.9 Å². The Morgan fingerprint density at radius 2 is 1.38 bits per heavy atom. The number of carbonyl (C=O) groups is 2.